The average Bonchev–Trinajstić information content (AvgIpc) is 3.29. The number of esters is 1. The molecule has 0 radical (unpaired) electrons. The van der Waals surface area contributed by atoms with Gasteiger partial charge in [-0.1, -0.05) is 23.4 Å². The van der Waals surface area contributed by atoms with Crippen molar-refractivity contribution in [3.05, 3.63) is 75.3 Å². The second-order valence-corrected chi connectivity index (χ2v) is 5.90. The summed E-state index contributed by atoms with van der Waals surface area (Å²) < 4.78 is 10.3. The molecule has 8 heteroatoms. The maximum Gasteiger partial charge on any atom is 0.331 e. The highest BCUT2D eigenvalue weighted by molar-refractivity contribution is 7.13. The van der Waals surface area contributed by atoms with Gasteiger partial charge in [-0.2, -0.15) is 0 Å². The third-order valence-electron chi connectivity index (χ3n) is 3.18. The first-order valence-corrected chi connectivity index (χ1v) is 8.08. The van der Waals surface area contributed by atoms with Crippen molar-refractivity contribution in [3.63, 3.8) is 0 Å². The van der Waals surface area contributed by atoms with E-state index in [1.54, 1.807) is 18.2 Å². The summed E-state index contributed by atoms with van der Waals surface area (Å²) in [5.74, 6) is 0.0420. The zero-order chi connectivity index (χ0) is 17.6. The molecule has 0 aliphatic rings. The predicted octanol–water partition coefficient (Wildman–Crippen LogP) is 4.07. The van der Waals surface area contributed by atoms with Gasteiger partial charge in [-0.15, -0.1) is 11.3 Å². The van der Waals surface area contributed by atoms with E-state index >= 15 is 0 Å². The van der Waals surface area contributed by atoms with E-state index in [9.17, 15) is 14.9 Å². The number of ether oxygens (including phenoxy) is 1. The molecule has 0 aliphatic heterocycles. The Balaban J connectivity index is 1.56. The number of nitrogens with zero attached hydrogens (tertiary/aromatic N) is 2. The number of benzene rings is 1. The Morgan fingerprint density at radius 1 is 1.32 bits per heavy atom. The van der Waals surface area contributed by atoms with Gasteiger partial charge in [-0.05, 0) is 23.1 Å². The van der Waals surface area contributed by atoms with Crippen molar-refractivity contribution in [2.75, 3.05) is 0 Å². The zero-order valence-electron chi connectivity index (χ0n) is 12.8. The van der Waals surface area contributed by atoms with Crippen molar-refractivity contribution in [2.45, 2.75) is 6.61 Å². The molecule has 0 aliphatic carbocycles. The fraction of sp³-hybridized carbons (Fsp3) is 0.0588. The molecule has 126 valence electrons. The molecule has 2 heterocycles. The number of hydrogen-bond donors (Lipinski definition) is 0. The van der Waals surface area contributed by atoms with E-state index < -0.39 is 10.9 Å². The number of carbonyl (C=O) groups is 1. The Hall–Kier alpha value is -3.26. The minimum absolute atomic E-state index is 0.0208. The molecule has 0 saturated heterocycles. The number of carbonyl (C=O) groups excluding carboxylic acids is 1. The second-order valence-electron chi connectivity index (χ2n) is 4.95. The van der Waals surface area contributed by atoms with Crippen LogP contribution < -0.4 is 0 Å². The first-order valence-electron chi connectivity index (χ1n) is 7.20. The Bertz CT molecular complexity index is 915. The summed E-state index contributed by atoms with van der Waals surface area (Å²) in [5, 5.41) is 16.5. The van der Waals surface area contributed by atoms with Crippen LogP contribution in [0.2, 0.25) is 0 Å². The molecule has 0 atom stereocenters. The molecule has 0 spiro atoms. The Kier molecular flexibility index (Phi) is 5.00. The van der Waals surface area contributed by atoms with Crippen LogP contribution in [-0.4, -0.2) is 16.0 Å². The molecule has 0 amide bonds. The van der Waals surface area contributed by atoms with Crippen LogP contribution in [0.5, 0.6) is 0 Å². The van der Waals surface area contributed by atoms with Gasteiger partial charge in [0.05, 0.1) is 9.80 Å². The highest BCUT2D eigenvalue weighted by Crippen LogP contribution is 2.25. The van der Waals surface area contributed by atoms with Crippen molar-refractivity contribution in [3.8, 4) is 10.6 Å². The standard InChI is InChI=1S/C17H12N2O5S/c20-17(7-6-12-3-1-4-14(9-12)19(21)22)23-11-13-10-15(24-18-13)16-5-2-8-25-16/h1-10H,11H2/b7-6+. The number of rotatable bonds is 6. The van der Waals surface area contributed by atoms with Crippen LogP contribution in [0.15, 0.2) is 58.4 Å². The van der Waals surface area contributed by atoms with Gasteiger partial charge >= 0.3 is 5.97 Å². The molecular formula is C17H12N2O5S. The molecule has 3 aromatic rings. The molecule has 0 bridgehead atoms. The lowest BCUT2D eigenvalue weighted by Crippen LogP contribution is -2.00. The normalized spacial score (nSPS) is 10.9. The van der Waals surface area contributed by atoms with Gasteiger partial charge in [-0.25, -0.2) is 4.79 Å². The van der Waals surface area contributed by atoms with Crippen molar-refractivity contribution in [1.29, 1.82) is 0 Å². The lowest BCUT2D eigenvalue weighted by atomic mass is 10.2. The zero-order valence-corrected chi connectivity index (χ0v) is 13.6. The highest BCUT2D eigenvalue weighted by Gasteiger charge is 2.09. The van der Waals surface area contributed by atoms with Crippen LogP contribution in [0.25, 0.3) is 16.7 Å². The first kappa shape index (κ1) is 16.6. The van der Waals surface area contributed by atoms with E-state index in [4.69, 9.17) is 9.26 Å². The van der Waals surface area contributed by atoms with Crippen molar-refractivity contribution >= 4 is 29.1 Å². The maximum atomic E-state index is 11.7. The van der Waals surface area contributed by atoms with Crippen LogP contribution in [0, 0.1) is 10.1 Å². The summed E-state index contributed by atoms with van der Waals surface area (Å²) >= 11 is 1.52. The smallest absolute Gasteiger partial charge is 0.331 e. The molecular weight excluding hydrogens is 344 g/mol. The molecule has 1 aromatic carbocycles. The van der Waals surface area contributed by atoms with Gasteiger partial charge in [-0.3, -0.25) is 10.1 Å². The molecule has 7 nitrogen and oxygen atoms in total. The predicted molar refractivity (Wildman–Crippen MR) is 91.7 cm³/mol. The molecule has 3 rings (SSSR count). The summed E-state index contributed by atoms with van der Waals surface area (Å²) in [5.41, 5.74) is 0.993. The summed E-state index contributed by atoms with van der Waals surface area (Å²) in [7, 11) is 0. The highest BCUT2D eigenvalue weighted by atomic mass is 32.1. The lowest BCUT2D eigenvalue weighted by molar-refractivity contribution is -0.384. The number of nitro groups is 1. The van der Waals surface area contributed by atoms with Crippen LogP contribution in [0.1, 0.15) is 11.3 Å². The largest absolute Gasteiger partial charge is 0.456 e. The molecule has 0 N–H and O–H groups in total. The number of non-ortho nitro benzene ring substituents is 1. The van der Waals surface area contributed by atoms with E-state index in [0.717, 1.165) is 4.88 Å². The number of aromatic nitrogens is 1. The fourth-order valence-corrected chi connectivity index (χ4v) is 2.69. The molecule has 0 saturated carbocycles. The van der Waals surface area contributed by atoms with Crippen LogP contribution in [0.4, 0.5) is 5.69 Å². The van der Waals surface area contributed by atoms with Crippen molar-refractivity contribution < 1.29 is 19.0 Å². The Morgan fingerprint density at radius 2 is 2.20 bits per heavy atom. The fourth-order valence-electron chi connectivity index (χ4n) is 2.01. The van der Waals surface area contributed by atoms with Gasteiger partial charge in [0.2, 0.25) is 0 Å². The lowest BCUT2D eigenvalue weighted by Gasteiger charge is -1.98. The summed E-state index contributed by atoms with van der Waals surface area (Å²) in [6, 6.07) is 11.5. The minimum atomic E-state index is -0.577. The van der Waals surface area contributed by atoms with Crippen molar-refractivity contribution in [2.24, 2.45) is 0 Å². The third-order valence-corrected chi connectivity index (χ3v) is 4.06. The molecule has 25 heavy (non-hydrogen) atoms. The molecule has 0 fully saturated rings. The van der Waals surface area contributed by atoms with Gasteiger partial charge in [0.25, 0.3) is 5.69 Å². The van der Waals surface area contributed by atoms with E-state index in [-0.39, 0.29) is 12.3 Å². The van der Waals surface area contributed by atoms with Crippen molar-refractivity contribution in [1.82, 2.24) is 5.16 Å². The van der Waals surface area contributed by atoms with E-state index in [2.05, 4.69) is 5.16 Å². The number of thiophene rings is 1. The molecule has 2 aromatic heterocycles. The summed E-state index contributed by atoms with van der Waals surface area (Å²) in [6.07, 6.45) is 2.66. The van der Waals surface area contributed by atoms with E-state index in [1.165, 1.54) is 35.6 Å². The number of hydrogen-bond acceptors (Lipinski definition) is 7. The Morgan fingerprint density at radius 3 is 2.96 bits per heavy atom. The van der Waals surface area contributed by atoms with Crippen LogP contribution >= 0.6 is 11.3 Å². The average molecular weight is 356 g/mol. The summed E-state index contributed by atoms with van der Waals surface area (Å²) in [4.78, 5) is 22.9. The monoisotopic (exact) mass is 356 g/mol. The van der Waals surface area contributed by atoms with Gasteiger partial charge < -0.3 is 9.26 Å². The quantitative estimate of drug-likeness (QED) is 0.286. The SMILES string of the molecule is O=C(/C=C/c1cccc([N+](=O)[O-])c1)OCc1cc(-c2cccs2)on1. The van der Waals surface area contributed by atoms with E-state index in [1.807, 2.05) is 17.5 Å². The first-order chi connectivity index (χ1) is 12.1. The van der Waals surface area contributed by atoms with Crippen LogP contribution in [0.3, 0.4) is 0 Å². The topological polar surface area (TPSA) is 95.5 Å². The summed E-state index contributed by atoms with van der Waals surface area (Å²) in [6.45, 7) is -0.0208. The van der Waals surface area contributed by atoms with Gasteiger partial charge in [0.15, 0.2) is 5.76 Å². The third kappa shape index (κ3) is 4.39. The molecule has 0 unspecified atom stereocenters. The van der Waals surface area contributed by atoms with Gasteiger partial charge in [0.1, 0.15) is 12.3 Å². The van der Waals surface area contributed by atoms with Gasteiger partial charge in [0, 0.05) is 24.3 Å². The minimum Gasteiger partial charge on any atom is -0.456 e. The number of nitro benzene ring substituents is 1. The second kappa shape index (κ2) is 7.54. The van der Waals surface area contributed by atoms with Crippen LogP contribution in [-0.2, 0) is 16.1 Å². The Labute approximate surface area is 146 Å². The maximum absolute atomic E-state index is 11.7. The van der Waals surface area contributed by atoms with E-state index in [0.29, 0.717) is 17.0 Å².